The molecule has 0 atom stereocenters. The van der Waals surface area contributed by atoms with E-state index in [0.29, 0.717) is 0 Å². The number of carboxylic acid groups (broad SMARTS) is 2. The van der Waals surface area contributed by atoms with Crippen molar-refractivity contribution in [3.05, 3.63) is 35.4 Å². The maximum atomic E-state index is 10.3. The van der Waals surface area contributed by atoms with Gasteiger partial charge in [0, 0.05) is 0 Å². The molecule has 0 saturated carbocycles. The minimum absolute atomic E-state index is 0. The molecule has 4 nitrogen and oxygen atoms in total. The van der Waals surface area contributed by atoms with Gasteiger partial charge in [-0.25, -0.2) is 9.59 Å². The van der Waals surface area contributed by atoms with Crippen molar-refractivity contribution >= 4 is 67.0 Å². The summed E-state index contributed by atoms with van der Waals surface area (Å²) in [5.41, 5.74) is 0.167. The van der Waals surface area contributed by atoms with Crippen molar-refractivity contribution < 1.29 is 19.8 Å². The number of rotatable bonds is 2. The molecular formula is C8H11AlCaO4. The van der Waals surface area contributed by atoms with E-state index in [4.69, 9.17) is 10.2 Å². The van der Waals surface area contributed by atoms with Crippen LogP contribution in [0.3, 0.4) is 0 Å². The Morgan fingerprint density at radius 1 is 0.857 bits per heavy atom. The van der Waals surface area contributed by atoms with Crippen molar-refractivity contribution in [3.8, 4) is 0 Å². The summed E-state index contributed by atoms with van der Waals surface area (Å²) >= 11 is 0. The van der Waals surface area contributed by atoms with Gasteiger partial charge in [0.25, 0.3) is 0 Å². The first-order valence-corrected chi connectivity index (χ1v) is 3.18. The van der Waals surface area contributed by atoms with Gasteiger partial charge in [-0.3, -0.25) is 0 Å². The second-order valence-electron chi connectivity index (χ2n) is 2.19. The first kappa shape index (κ1) is 16.4. The van der Waals surface area contributed by atoms with Gasteiger partial charge in [-0.05, 0) is 24.3 Å². The molecule has 0 radical (unpaired) electrons. The Kier molecular flexibility index (Phi) is 8.51. The molecule has 0 aliphatic carbocycles. The van der Waals surface area contributed by atoms with Crippen LogP contribution in [0.25, 0.3) is 0 Å². The van der Waals surface area contributed by atoms with Gasteiger partial charge >= 0.3 is 49.7 Å². The molecule has 0 unspecified atom stereocenters. The van der Waals surface area contributed by atoms with Crippen LogP contribution in [0.1, 0.15) is 20.7 Å². The fourth-order valence-electron chi connectivity index (χ4n) is 0.755. The normalized spacial score (nSPS) is 8.00. The Bertz CT molecular complexity index is 290. The van der Waals surface area contributed by atoms with Crippen LogP contribution in [0.4, 0.5) is 0 Å². The molecule has 0 bridgehead atoms. The molecule has 2 N–H and O–H groups in total. The summed E-state index contributed by atoms with van der Waals surface area (Å²) < 4.78 is 0. The van der Waals surface area contributed by atoms with Crippen LogP contribution in [0.15, 0.2) is 24.3 Å². The zero-order valence-corrected chi connectivity index (χ0v) is 6.02. The monoisotopic (exact) mass is 238 g/mol. The zero-order valence-electron chi connectivity index (χ0n) is 6.02. The van der Waals surface area contributed by atoms with Crippen LogP contribution in [-0.2, 0) is 0 Å². The summed E-state index contributed by atoms with van der Waals surface area (Å²) in [6, 6.07) is 5.02. The SMILES string of the molecule is O=C(O)c1ccc(C(=O)O)cc1.[AlH3].[CaH2]. The molecule has 1 aromatic carbocycles. The van der Waals surface area contributed by atoms with E-state index in [0.717, 1.165) is 0 Å². The van der Waals surface area contributed by atoms with Crippen molar-refractivity contribution in [2.24, 2.45) is 0 Å². The third-order valence-corrected chi connectivity index (χ3v) is 1.38. The van der Waals surface area contributed by atoms with Crippen molar-refractivity contribution in [1.29, 1.82) is 0 Å². The number of hydrogen-bond acceptors (Lipinski definition) is 2. The van der Waals surface area contributed by atoms with Crippen molar-refractivity contribution in [3.63, 3.8) is 0 Å². The fraction of sp³-hybridized carbons (Fsp3) is 0. The average Bonchev–Trinajstić information content (AvgIpc) is 2.04. The van der Waals surface area contributed by atoms with Gasteiger partial charge in [0.15, 0.2) is 17.4 Å². The van der Waals surface area contributed by atoms with E-state index >= 15 is 0 Å². The summed E-state index contributed by atoms with van der Waals surface area (Å²) in [6.45, 7) is 0. The number of benzene rings is 1. The van der Waals surface area contributed by atoms with Gasteiger partial charge in [0.1, 0.15) is 0 Å². The molecular weight excluding hydrogens is 227 g/mol. The van der Waals surface area contributed by atoms with E-state index in [1.54, 1.807) is 0 Å². The number of carbonyl (C=O) groups is 2. The van der Waals surface area contributed by atoms with E-state index in [1.165, 1.54) is 24.3 Å². The molecule has 0 saturated heterocycles. The van der Waals surface area contributed by atoms with Gasteiger partial charge in [-0.1, -0.05) is 0 Å². The average molecular weight is 238 g/mol. The first-order chi connectivity index (χ1) is 5.61. The molecule has 1 aromatic rings. The number of carboxylic acids is 2. The van der Waals surface area contributed by atoms with Crippen LogP contribution < -0.4 is 0 Å². The van der Waals surface area contributed by atoms with Crippen molar-refractivity contribution in [2.75, 3.05) is 0 Å². The van der Waals surface area contributed by atoms with Crippen molar-refractivity contribution in [2.45, 2.75) is 0 Å². The maximum absolute atomic E-state index is 10.3. The summed E-state index contributed by atoms with van der Waals surface area (Å²) in [5.74, 6) is -2.13. The van der Waals surface area contributed by atoms with Gasteiger partial charge < -0.3 is 10.2 Å². The zero-order chi connectivity index (χ0) is 9.14. The molecule has 72 valence electrons. The Morgan fingerprint density at radius 3 is 1.21 bits per heavy atom. The van der Waals surface area contributed by atoms with Crippen molar-refractivity contribution in [1.82, 2.24) is 0 Å². The number of aromatic carboxylic acids is 2. The Balaban J connectivity index is 0. The van der Waals surface area contributed by atoms with E-state index < -0.39 is 11.9 Å². The molecule has 0 heterocycles. The Labute approximate surface area is 121 Å². The fourth-order valence-corrected chi connectivity index (χ4v) is 0.755. The van der Waals surface area contributed by atoms with Crippen LogP contribution in [0, 0.1) is 0 Å². The van der Waals surface area contributed by atoms with E-state index in [1.807, 2.05) is 0 Å². The van der Waals surface area contributed by atoms with Gasteiger partial charge in [0.05, 0.1) is 11.1 Å². The van der Waals surface area contributed by atoms with Crippen LogP contribution >= 0.6 is 0 Å². The third-order valence-electron chi connectivity index (χ3n) is 1.38. The van der Waals surface area contributed by atoms with Crippen LogP contribution in [0.2, 0.25) is 0 Å². The summed E-state index contributed by atoms with van der Waals surface area (Å²) in [7, 11) is 0. The summed E-state index contributed by atoms with van der Waals surface area (Å²) in [5, 5.41) is 16.9. The third kappa shape index (κ3) is 4.45. The molecule has 6 heteroatoms. The first-order valence-electron chi connectivity index (χ1n) is 3.18. The number of hydrogen-bond donors (Lipinski definition) is 2. The van der Waals surface area contributed by atoms with Gasteiger partial charge in [0.2, 0.25) is 0 Å². The second-order valence-corrected chi connectivity index (χ2v) is 2.19. The van der Waals surface area contributed by atoms with Crippen LogP contribution in [0.5, 0.6) is 0 Å². The molecule has 1 rings (SSSR count). The Hall–Kier alpha value is -0.0478. The van der Waals surface area contributed by atoms with E-state index in [9.17, 15) is 9.59 Å². The predicted molar refractivity (Wildman–Crippen MR) is 58.8 cm³/mol. The molecule has 0 fully saturated rings. The molecule has 14 heavy (non-hydrogen) atoms. The molecule has 0 spiro atoms. The van der Waals surface area contributed by atoms with Crippen LogP contribution in [-0.4, -0.2) is 77.3 Å². The minimum atomic E-state index is -1.06. The summed E-state index contributed by atoms with van der Waals surface area (Å²) in [4.78, 5) is 20.7. The molecule has 0 amide bonds. The molecule has 0 aliphatic rings. The molecule has 0 aliphatic heterocycles. The van der Waals surface area contributed by atoms with E-state index in [2.05, 4.69) is 0 Å². The standard InChI is InChI=1S/C8H6O4.Al.Ca.5H/c9-7(10)5-1-2-6(4-3-5)8(11)12;;;;;;;/h1-4H,(H,9,10)(H,11,12);;;;;;;. The topological polar surface area (TPSA) is 74.6 Å². The van der Waals surface area contributed by atoms with Gasteiger partial charge in [-0.15, -0.1) is 0 Å². The Morgan fingerprint density at radius 2 is 1.07 bits per heavy atom. The molecule has 0 aromatic heterocycles. The summed E-state index contributed by atoms with van der Waals surface area (Å²) in [6.07, 6.45) is 0. The quantitative estimate of drug-likeness (QED) is 0.647. The van der Waals surface area contributed by atoms with Gasteiger partial charge in [-0.2, -0.15) is 0 Å². The predicted octanol–water partition coefficient (Wildman–Crippen LogP) is -1.02. The second kappa shape index (κ2) is 7.27. The van der Waals surface area contributed by atoms with E-state index in [-0.39, 0.29) is 66.2 Å².